The fourth-order valence-electron chi connectivity index (χ4n) is 4.89. The molecule has 0 aromatic rings. The standard InChI is InChI=1S/C24H43NO2/c1-5-6-13-24(2,27)14-10-12-21-22-17-19(16-20(22)18-23(21)26)11-8-7-9-15-25(3)4/h10,12,16,20-23,26-27H,5-9,11,13-15,17-18H2,1-4H3/t20-,21+,22-,23+,24+/m0/s1. The van der Waals surface area contributed by atoms with Gasteiger partial charge in [-0.15, -0.1) is 0 Å². The second-order valence-corrected chi connectivity index (χ2v) is 9.58. The molecule has 0 amide bonds. The fraction of sp³-hybridized carbons (Fsp3) is 0.833. The van der Waals surface area contributed by atoms with Crippen LogP contribution in [0.4, 0.5) is 0 Å². The molecule has 0 aliphatic heterocycles. The van der Waals surface area contributed by atoms with Gasteiger partial charge in [-0.1, -0.05) is 50.0 Å². The molecule has 0 heterocycles. The third kappa shape index (κ3) is 7.36. The van der Waals surface area contributed by atoms with E-state index in [0.29, 0.717) is 18.3 Å². The normalized spacial score (nSPS) is 30.1. The van der Waals surface area contributed by atoms with E-state index in [-0.39, 0.29) is 12.0 Å². The molecular weight excluding hydrogens is 334 g/mol. The van der Waals surface area contributed by atoms with Crippen LogP contribution < -0.4 is 0 Å². The summed E-state index contributed by atoms with van der Waals surface area (Å²) >= 11 is 0. The largest absolute Gasteiger partial charge is 0.392 e. The first kappa shape index (κ1) is 22.6. The molecule has 0 saturated heterocycles. The second-order valence-electron chi connectivity index (χ2n) is 9.58. The van der Waals surface area contributed by atoms with Crippen LogP contribution in [0.2, 0.25) is 0 Å². The van der Waals surface area contributed by atoms with E-state index >= 15 is 0 Å². The van der Waals surface area contributed by atoms with Gasteiger partial charge in [0.15, 0.2) is 0 Å². The van der Waals surface area contributed by atoms with Crippen LogP contribution in [0.25, 0.3) is 0 Å². The van der Waals surface area contributed by atoms with Crippen molar-refractivity contribution in [1.82, 2.24) is 4.90 Å². The van der Waals surface area contributed by atoms with E-state index in [9.17, 15) is 10.2 Å². The van der Waals surface area contributed by atoms with Crippen LogP contribution in [0.15, 0.2) is 23.8 Å². The van der Waals surface area contributed by atoms with Crippen LogP contribution in [0, 0.1) is 17.8 Å². The summed E-state index contributed by atoms with van der Waals surface area (Å²) in [6.45, 7) is 5.28. The first-order valence-electron chi connectivity index (χ1n) is 11.2. The Labute approximate surface area is 167 Å². The number of hydrogen-bond donors (Lipinski definition) is 2. The molecule has 156 valence electrons. The zero-order chi connectivity index (χ0) is 19.9. The van der Waals surface area contributed by atoms with E-state index in [0.717, 1.165) is 32.1 Å². The summed E-state index contributed by atoms with van der Waals surface area (Å²) in [5, 5.41) is 21.0. The van der Waals surface area contributed by atoms with Gasteiger partial charge < -0.3 is 15.1 Å². The molecule has 2 aliphatic carbocycles. The predicted octanol–water partition coefficient (Wildman–Crippen LogP) is 4.94. The Morgan fingerprint density at radius 1 is 1.22 bits per heavy atom. The Bertz CT molecular complexity index is 495. The van der Waals surface area contributed by atoms with Crippen molar-refractivity contribution in [2.75, 3.05) is 20.6 Å². The molecule has 3 nitrogen and oxygen atoms in total. The van der Waals surface area contributed by atoms with Crippen molar-refractivity contribution in [2.45, 2.75) is 89.8 Å². The first-order chi connectivity index (χ1) is 12.8. The minimum Gasteiger partial charge on any atom is -0.392 e. The molecule has 1 fully saturated rings. The highest BCUT2D eigenvalue weighted by Gasteiger charge is 2.43. The highest BCUT2D eigenvalue weighted by Crippen LogP contribution is 2.48. The quantitative estimate of drug-likeness (QED) is 0.374. The summed E-state index contributed by atoms with van der Waals surface area (Å²) in [5.74, 6) is 1.40. The maximum Gasteiger partial charge on any atom is 0.0654 e. The molecular formula is C24H43NO2. The van der Waals surface area contributed by atoms with Gasteiger partial charge in [-0.25, -0.2) is 0 Å². The van der Waals surface area contributed by atoms with Crippen LogP contribution >= 0.6 is 0 Å². The predicted molar refractivity (Wildman–Crippen MR) is 115 cm³/mol. The number of nitrogens with zero attached hydrogens (tertiary/aromatic N) is 1. The van der Waals surface area contributed by atoms with Crippen molar-refractivity contribution in [2.24, 2.45) is 17.8 Å². The molecule has 27 heavy (non-hydrogen) atoms. The number of aliphatic hydroxyl groups excluding tert-OH is 1. The van der Waals surface area contributed by atoms with Crippen molar-refractivity contribution in [3.8, 4) is 0 Å². The molecule has 0 bridgehead atoms. The Balaban J connectivity index is 1.77. The Kier molecular flexibility index (Phi) is 9.04. The highest BCUT2D eigenvalue weighted by atomic mass is 16.3. The minimum atomic E-state index is -0.610. The van der Waals surface area contributed by atoms with E-state index in [1.165, 1.54) is 32.2 Å². The van der Waals surface area contributed by atoms with Gasteiger partial charge in [-0.3, -0.25) is 0 Å². The number of rotatable bonds is 12. The molecule has 1 saturated carbocycles. The molecule has 3 heteroatoms. The van der Waals surface area contributed by atoms with Gasteiger partial charge in [0.25, 0.3) is 0 Å². The number of unbranched alkanes of at least 4 members (excludes halogenated alkanes) is 3. The minimum absolute atomic E-state index is 0.213. The smallest absolute Gasteiger partial charge is 0.0654 e. The van der Waals surface area contributed by atoms with Crippen LogP contribution in [0.1, 0.15) is 78.1 Å². The van der Waals surface area contributed by atoms with Crippen molar-refractivity contribution in [1.29, 1.82) is 0 Å². The van der Waals surface area contributed by atoms with E-state index in [1.807, 2.05) is 6.92 Å². The maximum atomic E-state index is 10.5. The first-order valence-corrected chi connectivity index (χ1v) is 11.2. The number of aliphatic hydroxyl groups is 2. The summed E-state index contributed by atoms with van der Waals surface area (Å²) in [6.07, 6.45) is 17.5. The topological polar surface area (TPSA) is 43.7 Å². The molecule has 0 radical (unpaired) electrons. The number of allylic oxidation sites excluding steroid dienone is 2. The summed E-state index contributed by atoms with van der Waals surface area (Å²) in [6, 6.07) is 0. The van der Waals surface area contributed by atoms with Crippen LogP contribution in [-0.4, -0.2) is 47.5 Å². The van der Waals surface area contributed by atoms with Crippen LogP contribution in [0.5, 0.6) is 0 Å². The molecule has 5 atom stereocenters. The summed E-state index contributed by atoms with van der Waals surface area (Å²) < 4.78 is 0. The molecule has 0 aromatic carbocycles. The average molecular weight is 378 g/mol. The third-order valence-corrected chi connectivity index (χ3v) is 6.54. The Hall–Kier alpha value is -0.640. The van der Waals surface area contributed by atoms with Gasteiger partial charge in [-0.2, -0.15) is 0 Å². The van der Waals surface area contributed by atoms with Gasteiger partial charge in [0.05, 0.1) is 11.7 Å². The van der Waals surface area contributed by atoms with E-state index in [4.69, 9.17) is 0 Å². The lowest BCUT2D eigenvalue weighted by Gasteiger charge is -2.22. The number of hydrogen-bond acceptors (Lipinski definition) is 3. The molecule has 2 rings (SSSR count). The average Bonchev–Trinajstić information content (AvgIpc) is 3.10. The summed E-state index contributed by atoms with van der Waals surface area (Å²) in [4.78, 5) is 2.26. The van der Waals surface area contributed by atoms with E-state index in [2.05, 4.69) is 44.1 Å². The SMILES string of the molecule is CCCC[C@@](C)(O)CC=C[C@@H]1[C@H]2CC(CCCCCN(C)C)=C[C@H]2C[C@H]1O. The third-order valence-electron chi connectivity index (χ3n) is 6.54. The molecule has 0 aromatic heterocycles. The van der Waals surface area contributed by atoms with Gasteiger partial charge in [-0.05, 0) is 84.3 Å². The maximum absolute atomic E-state index is 10.5. The lowest BCUT2D eigenvalue weighted by molar-refractivity contribution is 0.0513. The Morgan fingerprint density at radius 3 is 2.70 bits per heavy atom. The van der Waals surface area contributed by atoms with Crippen molar-refractivity contribution < 1.29 is 10.2 Å². The van der Waals surface area contributed by atoms with Gasteiger partial charge >= 0.3 is 0 Å². The van der Waals surface area contributed by atoms with Crippen LogP contribution in [-0.2, 0) is 0 Å². The monoisotopic (exact) mass is 377 g/mol. The van der Waals surface area contributed by atoms with E-state index in [1.54, 1.807) is 5.57 Å². The molecule has 0 spiro atoms. The zero-order valence-corrected chi connectivity index (χ0v) is 18.2. The van der Waals surface area contributed by atoms with Crippen molar-refractivity contribution >= 4 is 0 Å². The summed E-state index contributed by atoms with van der Waals surface area (Å²) in [7, 11) is 4.28. The van der Waals surface area contributed by atoms with Crippen molar-refractivity contribution in [3.05, 3.63) is 23.8 Å². The second kappa shape index (κ2) is 10.8. The Morgan fingerprint density at radius 2 is 2.00 bits per heavy atom. The van der Waals surface area contributed by atoms with E-state index < -0.39 is 5.60 Å². The van der Waals surface area contributed by atoms with Gasteiger partial charge in [0.1, 0.15) is 0 Å². The summed E-state index contributed by atoms with van der Waals surface area (Å²) in [5.41, 5.74) is 1.01. The van der Waals surface area contributed by atoms with Crippen molar-refractivity contribution in [3.63, 3.8) is 0 Å². The zero-order valence-electron chi connectivity index (χ0n) is 18.2. The van der Waals surface area contributed by atoms with Crippen LogP contribution in [0.3, 0.4) is 0 Å². The molecule has 0 unspecified atom stereocenters. The lowest BCUT2D eigenvalue weighted by Crippen LogP contribution is -2.23. The van der Waals surface area contributed by atoms with Gasteiger partial charge in [0.2, 0.25) is 0 Å². The molecule has 2 N–H and O–H groups in total. The number of fused-ring (bicyclic) bond motifs is 1. The van der Waals surface area contributed by atoms with Gasteiger partial charge in [0, 0.05) is 5.92 Å². The fourth-order valence-corrected chi connectivity index (χ4v) is 4.89. The molecule has 2 aliphatic rings. The highest BCUT2D eigenvalue weighted by molar-refractivity contribution is 5.20. The lowest BCUT2D eigenvalue weighted by atomic mass is 9.87.